The third-order valence-corrected chi connectivity index (χ3v) is 8.27. The van der Waals surface area contributed by atoms with Crippen LogP contribution in [-0.2, 0) is 9.59 Å². The summed E-state index contributed by atoms with van der Waals surface area (Å²) in [4.78, 5) is 44.0. The van der Waals surface area contributed by atoms with Crippen LogP contribution in [0, 0.1) is 6.92 Å². The lowest BCUT2D eigenvalue weighted by Gasteiger charge is -2.12. The topological polar surface area (TPSA) is 100 Å². The van der Waals surface area contributed by atoms with E-state index >= 15 is 0 Å². The van der Waals surface area contributed by atoms with Gasteiger partial charge in [-0.1, -0.05) is 71.8 Å². The van der Waals surface area contributed by atoms with E-state index in [4.69, 9.17) is 11.6 Å². The van der Waals surface area contributed by atoms with Gasteiger partial charge >= 0.3 is 0 Å². The average molecular weight is 639 g/mol. The van der Waals surface area contributed by atoms with Crippen molar-refractivity contribution in [3.8, 4) is 11.3 Å². The summed E-state index contributed by atoms with van der Waals surface area (Å²) in [6.45, 7) is 2.03. The Morgan fingerprint density at radius 2 is 1.64 bits per heavy atom. The number of carbonyl (C=O) groups excluding carboxylic acids is 3. The average Bonchev–Trinajstić information content (AvgIpc) is 3.49. The molecule has 0 radical (unpaired) electrons. The molecule has 0 aliphatic carbocycles. The molecule has 7 nitrogen and oxygen atoms in total. The maximum Gasteiger partial charge on any atom is 0.272 e. The fraction of sp³-hybridized carbons (Fsp3) is 0.0588. The van der Waals surface area contributed by atoms with Crippen LogP contribution in [0.2, 0.25) is 5.02 Å². The van der Waals surface area contributed by atoms with E-state index in [-0.39, 0.29) is 17.4 Å². The molecule has 0 bridgehead atoms. The van der Waals surface area contributed by atoms with Crippen LogP contribution in [0.1, 0.15) is 21.5 Å². The van der Waals surface area contributed by atoms with E-state index in [0.717, 1.165) is 16.2 Å². The number of thiazole rings is 1. The van der Waals surface area contributed by atoms with Crippen LogP contribution < -0.4 is 16.0 Å². The quantitative estimate of drug-likeness (QED) is 0.107. The van der Waals surface area contributed by atoms with Crippen LogP contribution in [0.4, 0.5) is 10.8 Å². The minimum Gasteiger partial charge on any atom is -0.321 e. The van der Waals surface area contributed by atoms with Crippen molar-refractivity contribution >= 4 is 69.3 Å². The molecule has 3 amide bonds. The molecule has 0 atom stereocenters. The SMILES string of the molecule is Cc1ccc(-c2csc(NC(=O)CSc3ccc(NC(=O)/C(=C/c4cccc(Cl)c4)NC(=O)c4ccccc4)cc3)n2)cc1. The molecule has 0 fully saturated rings. The van der Waals surface area contributed by atoms with Crippen molar-refractivity contribution in [3.63, 3.8) is 0 Å². The number of benzene rings is 4. The van der Waals surface area contributed by atoms with Gasteiger partial charge in [-0.3, -0.25) is 14.4 Å². The lowest BCUT2D eigenvalue weighted by atomic mass is 10.1. The van der Waals surface area contributed by atoms with Crippen LogP contribution in [0.5, 0.6) is 0 Å². The van der Waals surface area contributed by atoms with Crippen molar-refractivity contribution in [2.75, 3.05) is 16.4 Å². The van der Waals surface area contributed by atoms with Gasteiger partial charge in [-0.25, -0.2) is 4.98 Å². The lowest BCUT2D eigenvalue weighted by Crippen LogP contribution is -2.30. The molecule has 1 heterocycles. The Kier molecular flexibility index (Phi) is 10.2. The smallest absolute Gasteiger partial charge is 0.272 e. The number of nitrogens with one attached hydrogen (secondary N) is 3. The van der Waals surface area contributed by atoms with Gasteiger partial charge < -0.3 is 16.0 Å². The summed E-state index contributed by atoms with van der Waals surface area (Å²) in [6.07, 6.45) is 1.57. The molecule has 0 aliphatic heterocycles. The van der Waals surface area contributed by atoms with Gasteiger partial charge in [0.05, 0.1) is 11.4 Å². The molecule has 10 heteroatoms. The largest absolute Gasteiger partial charge is 0.321 e. The highest BCUT2D eigenvalue weighted by Crippen LogP contribution is 2.26. The molecule has 5 aromatic rings. The number of hydrogen-bond acceptors (Lipinski definition) is 6. The first kappa shape index (κ1) is 30.7. The third-order valence-electron chi connectivity index (χ3n) is 6.27. The van der Waals surface area contributed by atoms with E-state index in [9.17, 15) is 14.4 Å². The van der Waals surface area contributed by atoms with Gasteiger partial charge in [0.25, 0.3) is 11.8 Å². The summed E-state index contributed by atoms with van der Waals surface area (Å²) < 4.78 is 0. The minimum absolute atomic E-state index is 0.0592. The number of thioether (sulfide) groups is 1. The maximum atomic E-state index is 13.3. The number of nitrogens with zero attached hydrogens (tertiary/aromatic N) is 1. The van der Waals surface area contributed by atoms with Gasteiger partial charge in [-0.05, 0) is 67.1 Å². The highest BCUT2D eigenvalue weighted by Gasteiger charge is 2.16. The second kappa shape index (κ2) is 14.7. The number of rotatable bonds is 10. The molecule has 0 unspecified atom stereocenters. The first-order valence-electron chi connectivity index (χ1n) is 13.5. The van der Waals surface area contributed by atoms with E-state index in [0.29, 0.717) is 27.0 Å². The number of halogens is 1. The summed E-state index contributed by atoms with van der Waals surface area (Å²) in [5.41, 5.74) is 4.66. The van der Waals surface area contributed by atoms with Crippen molar-refractivity contribution in [1.29, 1.82) is 0 Å². The van der Waals surface area contributed by atoms with Gasteiger partial charge in [0.15, 0.2) is 5.13 Å². The normalized spacial score (nSPS) is 11.1. The fourth-order valence-electron chi connectivity index (χ4n) is 4.03. The van der Waals surface area contributed by atoms with Crippen molar-refractivity contribution < 1.29 is 14.4 Å². The Labute approximate surface area is 268 Å². The summed E-state index contributed by atoms with van der Waals surface area (Å²) in [5, 5.41) is 11.4. The predicted octanol–water partition coefficient (Wildman–Crippen LogP) is 7.91. The Bertz CT molecular complexity index is 1800. The molecule has 5 rings (SSSR count). The van der Waals surface area contributed by atoms with E-state index in [1.807, 2.05) is 54.8 Å². The second-order valence-corrected chi connectivity index (χ2v) is 12.0. The summed E-state index contributed by atoms with van der Waals surface area (Å²) in [7, 11) is 0. The fourth-order valence-corrected chi connectivity index (χ4v) is 5.66. The number of aromatic nitrogens is 1. The van der Waals surface area contributed by atoms with Crippen LogP contribution in [0.15, 0.2) is 119 Å². The molecular weight excluding hydrogens is 612 g/mol. The molecule has 0 spiro atoms. The molecule has 0 aliphatic rings. The molecule has 4 aromatic carbocycles. The summed E-state index contributed by atoms with van der Waals surface area (Å²) >= 11 is 8.87. The van der Waals surface area contributed by atoms with Gasteiger partial charge in [-0.2, -0.15) is 0 Å². The first-order chi connectivity index (χ1) is 21.3. The summed E-state index contributed by atoms with van der Waals surface area (Å²) in [6, 6.07) is 30.8. The summed E-state index contributed by atoms with van der Waals surface area (Å²) in [5.74, 6) is -0.878. The van der Waals surface area contributed by atoms with E-state index in [1.54, 1.807) is 66.7 Å². The molecule has 0 saturated carbocycles. The van der Waals surface area contributed by atoms with Crippen LogP contribution in [0.25, 0.3) is 17.3 Å². The predicted molar refractivity (Wildman–Crippen MR) is 180 cm³/mol. The van der Waals surface area contributed by atoms with Crippen molar-refractivity contribution in [3.05, 3.63) is 136 Å². The zero-order chi connectivity index (χ0) is 30.9. The van der Waals surface area contributed by atoms with Gasteiger partial charge in [0.1, 0.15) is 5.70 Å². The molecule has 1 aromatic heterocycles. The van der Waals surface area contributed by atoms with Gasteiger partial charge in [0, 0.05) is 32.1 Å². The molecule has 0 saturated heterocycles. The third kappa shape index (κ3) is 8.67. The Morgan fingerprint density at radius 3 is 2.36 bits per heavy atom. The highest BCUT2D eigenvalue weighted by atomic mass is 35.5. The van der Waals surface area contributed by atoms with Crippen molar-refractivity contribution in [2.24, 2.45) is 0 Å². The molecule has 44 heavy (non-hydrogen) atoms. The zero-order valence-electron chi connectivity index (χ0n) is 23.5. The monoisotopic (exact) mass is 638 g/mol. The zero-order valence-corrected chi connectivity index (χ0v) is 25.9. The number of hydrogen-bond donors (Lipinski definition) is 3. The highest BCUT2D eigenvalue weighted by molar-refractivity contribution is 8.00. The van der Waals surface area contributed by atoms with Gasteiger partial charge in [0.2, 0.25) is 5.91 Å². The van der Waals surface area contributed by atoms with Gasteiger partial charge in [-0.15, -0.1) is 23.1 Å². The second-order valence-electron chi connectivity index (χ2n) is 9.65. The van der Waals surface area contributed by atoms with E-state index < -0.39 is 11.8 Å². The number of amides is 3. The Balaban J connectivity index is 1.18. The van der Waals surface area contributed by atoms with Crippen molar-refractivity contribution in [2.45, 2.75) is 11.8 Å². The first-order valence-corrected chi connectivity index (χ1v) is 15.8. The van der Waals surface area contributed by atoms with Crippen LogP contribution >= 0.6 is 34.7 Å². The molecule has 220 valence electrons. The van der Waals surface area contributed by atoms with E-state index in [1.165, 1.54) is 28.7 Å². The van der Waals surface area contributed by atoms with Crippen molar-refractivity contribution in [1.82, 2.24) is 10.3 Å². The number of aryl methyl sites for hydroxylation is 1. The Morgan fingerprint density at radius 1 is 0.886 bits per heavy atom. The lowest BCUT2D eigenvalue weighted by molar-refractivity contribution is -0.114. The number of carbonyl (C=O) groups is 3. The minimum atomic E-state index is -0.498. The molecular formula is C34H27ClN4O3S2. The maximum absolute atomic E-state index is 13.3. The Hall–Kier alpha value is -4.70. The molecule has 3 N–H and O–H groups in total. The number of anilines is 2. The standard InChI is InChI=1S/C34H27ClN4O3S2/c1-22-10-12-24(13-11-22)30-20-44-34(38-30)39-31(40)21-43-28-16-14-27(15-17-28)36-33(42)29(19-23-6-5-9-26(35)18-23)37-32(41)25-7-3-2-4-8-25/h2-20H,21H2,1H3,(H,36,42)(H,37,41)(H,38,39,40)/b29-19-. The van der Waals surface area contributed by atoms with E-state index in [2.05, 4.69) is 20.9 Å². The van der Waals surface area contributed by atoms with Crippen LogP contribution in [-0.4, -0.2) is 28.5 Å². The van der Waals surface area contributed by atoms with Crippen LogP contribution in [0.3, 0.4) is 0 Å².